The van der Waals surface area contributed by atoms with Crippen molar-refractivity contribution in [1.82, 2.24) is 9.29 Å². The van der Waals surface area contributed by atoms with E-state index in [2.05, 4.69) is 4.98 Å². The van der Waals surface area contributed by atoms with Crippen LogP contribution in [0, 0.1) is 5.82 Å². The molecule has 1 aliphatic heterocycles. The number of rotatable bonds is 3. The maximum Gasteiger partial charge on any atom is 0.246 e. The second-order valence-corrected chi connectivity index (χ2v) is 9.70. The average Bonchev–Trinajstić information content (AvgIpc) is 3.06. The fourth-order valence-electron chi connectivity index (χ4n) is 3.25. The Kier molecular flexibility index (Phi) is 4.73. The predicted molar refractivity (Wildman–Crippen MR) is 102 cm³/mol. The quantitative estimate of drug-likeness (QED) is 0.631. The van der Waals surface area contributed by atoms with Gasteiger partial charge in [-0.3, -0.25) is 0 Å². The smallest absolute Gasteiger partial charge is 0.241 e. The summed E-state index contributed by atoms with van der Waals surface area (Å²) in [5, 5.41) is 1.11. The molecule has 2 heterocycles. The van der Waals surface area contributed by atoms with Gasteiger partial charge in [0.05, 0.1) is 15.2 Å². The van der Waals surface area contributed by atoms with Crippen LogP contribution in [0.5, 0.6) is 0 Å². The molecule has 0 aliphatic carbocycles. The first kappa shape index (κ1) is 17.9. The number of aromatic nitrogens is 1. The Morgan fingerprint density at radius 3 is 2.81 bits per heavy atom. The number of thiazole rings is 1. The van der Waals surface area contributed by atoms with Gasteiger partial charge in [-0.15, -0.1) is 11.3 Å². The minimum Gasteiger partial charge on any atom is -0.241 e. The molecule has 0 saturated carbocycles. The van der Waals surface area contributed by atoms with E-state index >= 15 is 0 Å². The highest BCUT2D eigenvalue weighted by Crippen LogP contribution is 2.35. The lowest BCUT2D eigenvalue weighted by molar-refractivity contribution is 0.314. The number of fused-ring (bicyclic) bond motifs is 1. The maximum atomic E-state index is 14.2. The first-order valence-corrected chi connectivity index (χ1v) is 10.9. The monoisotopic (exact) mass is 410 g/mol. The van der Waals surface area contributed by atoms with Crippen LogP contribution < -0.4 is 0 Å². The molecule has 2 aromatic carbocycles. The molecule has 4 rings (SSSR count). The molecule has 3 aromatic rings. The molecule has 0 amide bonds. The molecule has 136 valence electrons. The van der Waals surface area contributed by atoms with Gasteiger partial charge in [0.1, 0.15) is 10.7 Å². The predicted octanol–water partition coefficient (Wildman–Crippen LogP) is 4.66. The highest BCUT2D eigenvalue weighted by molar-refractivity contribution is 7.89. The number of piperidine rings is 1. The molecule has 4 nitrogen and oxygen atoms in total. The number of nitrogens with zero attached hydrogens (tertiary/aromatic N) is 2. The van der Waals surface area contributed by atoms with Gasteiger partial charge in [0.2, 0.25) is 10.0 Å². The Morgan fingerprint density at radius 1 is 1.23 bits per heavy atom. The van der Waals surface area contributed by atoms with Crippen molar-refractivity contribution in [3.8, 4) is 0 Å². The number of benzene rings is 2. The van der Waals surface area contributed by atoms with Gasteiger partial charge in [-0.1, -0.05) is 23.7 Å². The van der Waals surface area contributed by atoms with E-state index in [-0.39, 0.29) is 15.8 Å². The van der Waals surface area contributed by atoms with Crippen LogP contribution in [-0.2, 0) is 10.0 Å². The number of hydrogen-bond acceptors (Lipinski definition) is 4. The van der Waals surface area contributed by atoms with E-state index in [0.29, 0.717) is 13.1 Å². The molecule has 1 atom stereocenters. The molecule has 1 aromatic heterocycles. The molecule has 8 heteroatoms. The maximum absolute atomic E-state index is 14.2. The second kappa shape index (κ2) is 6.88. The summed E-state index contributed by atoms with van der Waals surface area (Å²) >= 11 is 7.33. The van der Waals surface area contributed by atoms with Crippen LogP contribution in [0.1, 0.15) is 23.8 Å². The van der Waals surface area contributed by atoms with Crippen molar-refractivity contribution in [2.45, 2.75) is 23.7 Å². The lowest BCUT2D eigenvalue weighted by atomic mass is 10.0. The molecular formula is C18H16ClFN2O2S2. The van der Waals surface area contributed by atoms with Gasteiger partial charge in [0.15, 0.2) is 0 Å². The van der Waals surface area contributed by atoms with Gasteiger partial charge < -0.3 is 0 Å². The Balaban J connectivity index is 1.63. The average molecular weight is 411 g/mol. The Morgan fingerprint density at radius 2 is 2.04 bits per heavy atom. The van der Waals surface area contributed by atoms with Crippen LogP contribution in [0.15, 0.2) is 47.4 Å². The van der Waals surface area contributed by atoms with Gasteiger partial charge in [0, 0.05) is 24.0 Å². The Bertz CT molecular complexity index is 1030. The third-order valence-electron chi connectivity index (χ3n) is 4.56. The van der Waals surface area contributed by atoms with Crippen LogP contribution in [-0.4, -0.2) is 30.8 Å². The first-order valence-electron chi connectivity index (χ1n) is 8.26. The normalized spacial score (nSPS) is 19.1. The van der Waals surface area contributed by atoms with Crippen LogP contribution in [0.2, 0.25) is 5.02 Å². The zero-order valence-electron chi connectivity index (χ0n) is 13.7. The number of sulfonamides is 1. The third-order valence-corrected chi connectivity index (χ3v) is 7.89. The van der Waals surface area contributed by atoms with E-state index in [0.717, 1.165) is 34.1 Å². The highest BCUT2D eigenvalue weighted by Gasteiger charge is 2.33. The molecule has 1 aliphatic rings. The number of hydrogen-bond donors (Lipinski definition) is 0. The van der Waals surface area contributed by atoms with E-state index < -0.39 is 15.8 Å². The summed E-state index contributed by atoms with van der Waals surface area (Å²) in [6.07, 6.45) is 1.59. The molecular weight excluding hydrogens is 395 g/mol. The van der Waals surface area contributed by atoms with Gasteiger partial charge in [-0.05, 0) is 43.2 Å². The van der Waals surface area contributed by atoms with Crippen molar-refractivity contribution in [3.05, 3.63) is 58.3 Å². The largest absolute Gasteiger partial charge is 0.246 e. The van der Waals surface area contributed by atoms with Crippen molar-refractivity contribution in [2.24, 2.45) is 0 Å². The SMILES string of the molecule is O=S(=O)(c1ccc(Cl)cc1F)N1CCCC(c2nc3ccccc3s2)C1. The third kappa shape index (κ3) is 3.24. The van der Waals surface area contributed by atoms with E-state index in [1.54, 1.807) is 11.3 Å². The van der Waals surface area contributed by atoms with Gasteiger partial charge in [-0.25, -0.2) is 17.8 Å². The van der Waals surface area contributed by atoms with Gasteiger partial charge in [0.25, 0.3) is 0 Å². The van der Waals surface area contributed by atoms with E-state index in [1.165, 1.54) is 16.4 Å². The Labute approximate surface area is 160 Å². The summed E-state index contributed by atoms with van der Waals surface area (Å²) in [4.78, 5) is 4.33. The molecule has 0 spiro atoms. The number of para-hydroxylation sites is 1. The van der Waals surface area contributed by atoms with Crippen LogP contribution in [0.4, 0.5) is 4.39 Å². The van der Waals surface area contributed by atoms with Crippen molar-refractivity contribution in [2.75, 3.05) is 13.1 Å². The summed E-state index contributed by atoms with van der Waals surface area (Å²) in [7, 11) is -3.90. The second-order valence-electron chi connectivity index (χ2n) is 6.30. The lowest BCUT2D eigenvalue weighted by Crippen LogP contribution is -2.39. The fraction of sp³-hybridized carbons (Fsp3) is 0.278. The van der Waals surface area contributed by atoms with Crippen LogP contribution >= 0.6 is 22.9 Å². The molecule has 0 bridgehead atoms. The summed E-state index contributed by atoms with van der Waals surface area (Å²) in [5.74, 6) is -0.800. The van der Waals surface area contributed by atoms with Gasteiger partial charge in [-0.2, -0.15) is 4.31 Å². The van der Waals surface area contributed by atoms with Crippen LogP contribution in [0.3, 0.4) is 0 Å². The molecule has 1 fully saturated rings. The van der Waals surface area contributed by atoms with Crippen molar-refractivity contribution < 1.29 is 12.8 Å². The fourth-order valence-corrected chi connectivity index (χ4v) is 6.07. The zero-order valence-corrected chi connectivity index (χ0v) is 16.1. The molecule has 26 heavy (non-hydrogen) atoms. The van der Waals surface area contributed by atoms with Crippen molar-refractivity contribution in [3.63, 3.8) is 0 Å². The molecule has 1 saturated heterocycles. The molecule has 1 unspecified atom stereocenters. The molecule has 0 radical (unpaired) electrons. The standard InChI is InChI=1S/C18H16ClFN2O2S2/c19-13-7-8-17(14(20)10-13)26(23,24)22-9-3-4-12(11-22)18-21-15-5-1-2-6-16(15)25-18/h1-2,5-8,10,12H,3-4,9,11H2. The summed E-state index contributed by atoms with van der Waals surface area (Å²) in [6, 6.07) is 11.5. The van der Waals surface area contributed by atoms with E-state index in [9.17, 15) is 12.8 Å². The summed E-state index contributed by atoms with van der Waals surface area (Å²) in [5.41, 5.74) is 0.927. The van der Waals surface area contributed by atoms with Crippen molar-refractivity contribution >= 4 is 43.2 Å². The highest BCUT2D eigenvalue weighted by atomic mass is 35.5. The Hall–Kier alpha value is -1.54. The zero-order chi connectivity index (χ0) is 18.3. The first-order chi connectivity index (χ1) is 12.4. The minimum atomic E-state index is -3.90. The van der Waals surface area contributed by atoms with Crippen molar-refractivity contribution in [1.29, 1.82) is 0 Å². The molecule has 0 N–H and O–H groups in total. The van der Waals surface area contributed by atoms with Gasteiger partial charge >= 0.3 is 0 Å². The lowest BCUT2D eigenvalue weighted by Gasteiger charge is -2.31. The number of halogens is 2. The minimum absolute atomic E-state index is 0.0197. The summed E-state index contributed by atoms with van der Waals surface area (Å²) < 4.78 is 42.4. The van der Waals surface area contributed by atoms with E-state index in [4.69, 9.17) is 11.6 Å². The van der Waals surface area contributed by atoms with Crippen LogP contribution in [0.25, 0.3) is 10.2 Å². The summed E-state index contributed by atoms with van der Waals surface area (Å²) in [6.45, 7) is 0.690. The topological polar surface area (TPSA) is 50.3 Å². The van der Waals surface area contributed by atoms with E-state index in [1.807, 2.05) is 24.3 Å².